The number of anilines is 2. The lowest BCUT2D eigenvalue weighted by atomic mass is 10.1. The van der Waals surface area contributed by atoms with E-state index in [4.69, 9.17) is 11.6 Å². The van der Waals surface area contributed by atoms with Crippen LogP contribution in [0.2, 0.25) is 5.02 Å². The Bertz CT molecular complexity index is 765. The van der Waals surface area contributed by atoms with Crippen LogP contribution < -0.4 is 4.90 Å². The molecule has 118 valence electrons. The van der Waals surface area contributed by atoms with E-state index in [1.54, 1.807) is 4.90 Å². The van der Waals surface area contributed by atoms with Crippen LogP contribution in [0, 0.1) is 0 Å². The van der Waals surface area contributed by atoms with E-state index in [0.29, 0.717) is 5.02 Å². The van der Waals surface area contributed by atoms with Crippen molar-refractivity contribution in [3.05, 3.63) is 65.3 Å². The van der Waals surface area contributed by atoms with Crippen LogP contribution in [0.3, 0.4) is 0 Å². The minimum Gasteiger partial charge on any atom is -0.377 e. The molecule has 0 N–H and O–H groups in total. The van der Waals surface area contributed by atoms with E-state index in [9.17, 15) is 4.79 Å². The van der Waals surface area contributed by atoms with Crippen LogP contribution in [0.4, 0.5) is 11.4 Å². The predicted octanol–water partition coefficient (Wildman–Crippen LogP) is 4.70. The SMILES string of the molecule is CCN(/C=C1\C(=O)N(c2cccc(Cl)c2)c2ccccc21)CC. The lowest BCUT2D eigenvalue weighted by molar-refractivity contribution is -0.112. The van der Waals surface area contributed by atoms with Crippen molar-refractivity contribution < 1.29 is 4.79 Å². The molecule has 0 aliphatic carbocycles. The van der Waals surface area contributed by atoms with Crippen molar-refractivity contribution in [3.63, 3.8) is 0 Å². The Morgan fingerprint density at radius 1 is 1.09 bits per heavy atom. The largest absolute Gasteiger partial charge is 0.377 e. The third-order valence-electron chi connectivity index (χ3n) is 4.06. The van der Waals surface area contributed by atoms with Gasteiger partial charge in [0, 0.05) is 29.9 Å². The first-order chi connectivity index (χ1) is 11.2. The summed E-state index contributed by atoms with van der Waals surface area (Å²) in [6.45, 7) is 5.90. The molecule has 1 heterocycles. The normalized spacial score (nSPS) is 15.2. The summed E-state index contributed by atoms with van der Waals surface area (Å²) >= 11 is 6.10. The number of hydrogen-bond acceptors (Lipinski definition) is 2. The van der Waals surface area contributed by atoms with E-state index in [2.05, 4.69) is 18.7 Å². The van der Waals surface area contributed by atoms with Crippen molar-refractivity contribution in [2.24, 2.45) is 0 Å². The van der Waals surface area contributed by atoms with Gasteiger partial charge in [0.05, 0.1) is 16.9 Å². The number of carbonyl (C=O) groups excluding carboxylic acids is 1. The maximum absolute atomic E-state index is 13.0. The molecule has 2 aromatic rings. The van der Waals surface area contributed by atoms with Gasteiger partial charge in [-0.1, -0.05) is 35.9 Å². The number of halogens is 1. The van der Waals surface area contributed by atoms with E-state index in [1.165, 1.54) is 0 Å². The summed E-state index contributed by atoms with van der Waals surface area (Å²) in [5, 5.41) is 0.619. The zero-order valence-corrected chi connectivity index (χ0v) is 14.0. The molecule has 0 atom stereocenters. The van der Waals surface area contributed by atoms with Gasteiger partial charge >= 0.3 is 0 Å². The Morgan fingerprint density at radius 2 is 1.83 bits per heavy atom. The topological polar surface area (TPSA) is 23.6 Å². The number of fused-ring (bicyclic) bond motifs is 1. The second kappa shape index (κ2) is 6.47. The highest BCUT2D eigenvalue weighted by atomic mass is 35.5. The van der Waals surface area contributed by atoms with E-state index in [1.807, 2.05) is 54.7 Å². The summed E-state index contributed by atoms with van der Waals surface area (Å²) in [7, 11) is 0. The molecule has 0 aromatic heterocycles. The molecule has 0 spiro atoms. The van der Waals surface area contributed by atoms with E-state index < -0.39 is 0 Å². The average Bonchev–Trinajstić information content (AvgIpc) is 2.84. The fourth-order valence-electron chi connectivity index (χ4n) is 2.83. The zero-order chi connectivity index (χ0) is 16.4. The molecule has 1 aliphatic heterocycles. The van der Waals surface area contributed by atoms with E-state index in [-0.39, 0.29) is 5.91 Å². The van der Waals surface area contributed by atoms with E-state index in [0.717, 1.165) is 35.6 Å². The van der Waals surface area contributed by atoms with Gasteiger partial charge in [-0.05, 0) is 38.1 Å². The molecule has 3 nitrogen and oxygen atoms in total. The lowest BCUT2D eigenvalue weighted by Crippen LogP contribution is -2.22. The van der Waals surface area contributed by atoms with Crippen LogP contribution in [-0.4, -0.2) is 23.9 Å². The van der Waals surface area contributed by atoms with Gasteiger partial charge in [0.1, 0.15) is 0 Å². The zero-order valence-electron chi connectivity index (χ0n) is 13.3. The maximum atomic E-state index is 13.0. The van der Waals surface area contributed by atoms with Crippen LogP contribution in [-0.2, 0) is 4.79 Å². The molecule has 23 heavy (non-hydrogen) atoms. The Morgan fingerprint density at radius 3 is 2.52 bits per heavy atom. The van der Waals surface area contributed by atoms with Gasteiger partial charge in [0.25, 0.3) is 5.91 Å². The van der Waals surface area contributed by atoms with Crippen LogP contribution in [0.5, 0.6) is 0 Å². The lowest BCUT2D eigenvalue weighted by Gasteiger charge is -2.18. The summed E-state index contributed by atoms with van der Waals surface area (Å²) in [6, 6.07) is 15.3. The van der Waals surface area contributed by atoms with Crippen LogP contribution in [0.15, 0.2) is 54.7 Å². The molecule has 1 amide bonds. The fourth-order valence-corrected chi connectivity index (χ4v) is 3.01. The molecule has 0 radical (unpaired) electrons. The highest BCUT2D eigenvalue weighted by Gasteiger charge is 2.33. The van der Waals surface area contributed by atoms with Crippen molar-refractivity contribution in [2.75, 3.05) is 18.0 Å². The van der Waals surface area contributed by atoms with Crippen molar-refractivity contribution in [1.29, 1.82) is 0 Å². The second-order valence-corrected chi connectivity index (χ2v) is 5.84. The summed E-state index contributed by atoms with van der Waals surface area (Å²) in [6.07, 6.45) is 1.96. The van der Waals surface area contributed by atoms with E-state index >= 15 is 0 Å². The monoisotopic (exact) mass is 326 g/mol. The number of nitrogens with zero attached hydrogens (tertiary/aromatic N) is 2. The Kier molecular flexibility index (Phi) is 4.39. The molecule has 1 aliphatic rings. The summed E-state index contributed by atoms with van der Waals surface area (Å²) in [4.78, 5) is 16.9. The molecule has 0 saturated heterocycles. The minimum atomic E-state index is -0.0135. The average molecular weight is 327 g/mol. The standard InChI is InChI=1S/C19H19ClN2O/c1-3-21(4-2)13-17-16-10-5-6-11-18(16)22(19(17)23)15-9-7-8-14(20)12-15/h5-13H,3-4H2,1-2H3/b17-13-. The minimum absolute atomic E-state index is 0.0135. The molecule has 3 rings (SSSR count). The van der Waals surface area contributed by atoms with Crippen LogP contribution in [0.1, 0.15) is 19.4 Å². The Hall–Kier alpha value is -2.26. The number of amides is 1. The number of hydrogen-bond donors (Lipinski definition) is 0. The van der Waals surface area contributed by atoms with Crippen LogP contribution in [0.25, 0.3) is 5.57 Å². The fraction of sp³-hybridized carbons (Fsp3) is 0.211. The first-order valence-electron chi connectivity index (χ1n) is 7.81. The number of benzene rings is 2. The number of para-hydroxylation sites is 1. The molecule has 0 fully saturated rings. The first kappa shape index (κ1) is 15.6. The third-order valence-corrected chi connectivity index (χ3v) is 4.29. The van der Waals surface area contributed by atoms with Crippen molar-refractivity contribution >= 4 is 34.5 Å². The predicted molar refractivity (Wildman–Crippen MR) is 95.9 cm³/mol. The molecular formula is C19H19ClN2O. The maximum Gasteiger partial charge on any atom is 0.265 e. The molecular weight excluding hydrogens is 308 g/mol. The van der Waals surface area contributed by atoms with Gasteiger partial charge in [0.15, 0.2) is 0 Å². The van der Waals surface area contributed by atoms with Gasteiger partial charge in [-0.15, -0.1) is 0 Å². The Balaban J connectivity index is 2.12. The Labute approximate surface area is 141 Å². The van der Waals surface area contributed by atoms with Gasteiger partial charge in [-0.25, -0.2) is 0 Å². The smallest absolute Gasteiger partial charge is 0.265 e. The van der Waals surface area contributed by atoms with Gasteiger partial charge in [-0.3, -0.25) is 9.69 Å². The van der Waals surface area contributed by atoms with Gasteiger partial charge < -0.3 is 4.90 Å². The second-order valence-electron chi connectivity index (χ2n) is 5.40. The molecule has 0 unspecified atom stereocenters. The molecule has 0 saturated carbocycles. The molecule has 4 heteroatoms. The number of rotatable bonds is 4. The summed E-state index contributed by atoms with van der Waals surface area (Å²) in [5.41, 5.74) is 3.38. The summed E-state index contributed by atoms with van der Waals surface area (Å²) in [5.74, 6) is -0.0135. The number of carbonyl (C=O) groups is 1. The first-order valence-corrected chi connectivity index (χ1v) is 8.18. The van der Waals surface area contributed by atoms with Crippen molar-refractivity contribution in [3.8, 4) is 0 Å². The summed E-state index contributed by atoms with van der Waals surface area (Å²) < 4.78 is 0. The van der Waals surface area contributed by atoms with Gasteiger partial charge in [-0.2, -0.15) is 0 Å². The highest BCUT2D eigenvalue weighted by Crippen LogP contribution is 2.41. The quantitative estimate of drug-likeness (QED) is 0.760. The van der Waals surface area contributed by atoms with Crippen molar-refractivity contribution in [2.45, 2.75) is 13.8 Å². The molecule has 0 bridgehead atoms. The molecule has 2 aromatic carbocycles. The van der Waals surface area contributed by atoms with Gasteiger partial charge in [0.2, 0.25) is 0 Å². The van der Waals surface area contributed by atoms with Crippen molar-refractivity contribution in [1.82, 2.24) is 4.90 Å². The van der Waals surface area contributed by atoms with Crippen LogP contribution >= 0.6 is 11.6 Å². The highest BCUT2D eigenvalue weighted by molar-refractivity contribution is 6.35. The third kappa shape index (κ3) is 2.84.